The Morgan fingerprint density at radius 1 is 1.37 bits per heavy atom. The molecule has 6 nitrogen and oxygen atoms in total. The molecule has 0 aliphatic heterocycles. The summed E-state index contributed by atoms with van der Waals surface area (Å²) in [6.45, 7) is 5.76. The number of halogens is 1. The minimum Gasteiger partial charge on any atom is -0.310 e. The minimum atomic E-state index is -0.494. The third-order valence-electron chi connectivity index (χ3n) is 3.77. The Morgan fingerprint density at radius 3 is 2.85 bits per heavy atom. The summed E-state index contributed by atoms with van der Waals surface area (Å²) in [6, 6.07) is 10.4. The fourth-order valence-corrected chi connectivity index (χ4v) is 3.45. The molecule has 0 bridgehead atoms. The summed E-state index contributed by atoms with van der Waals surface area (Å²) in [6.07, 6.45) is 3.09. The van der Waals surface area contributed by atoms with Gasteiger partial charge in [-0.3, -0.25) is 14.2 Å². The zero-order valence-electron chi connectivity index (χ0n) is 14.6. The highest BCUT2D eigenvalue weighted by Gasteiger charge is 2.19. The van der Waals surface area contributed by atoms with Crippen molar-refractivity contribution in [2.45, 2.75) is 23.9 Å². The molecule has 138 valence electrons. The number of aromatic nitrogens is 3. The number of hydrogen-bond acceptors (Lipinski definition) is 5. The van der Waals surface area contributed by atoms with E-state index in [1.807, 2.05) is 6.07 Å². The van der Waals surface area contributed by atoms with Crippen molar-refractivity contribution in [3.63, 3.8) is 0 Å². The molecule has 0 spiro atoms. The Balaban J connectivity index is 1.87. The van der Waals surface area contributed by atoms with Crippen LogP contribution in [0.3, 0.4) is 0 Å². The van der Waals surface area contributed by atoms with Crippen molar-refractivity contribution in [2.24, 2.45) is 0 Å². The van der Waals surface area contributed by atoms with Crippen molar-refractivity contribution in [1.29, 1.82) is 0 Å². The van der Waals surface area contributed by atoms with E-state index in [2.05, 4.69) is 21.9 Å². The van der Waals surface area contributed by atoms with Crippen molar-refractivity contribution in [1.82, 2.24) is 14.5 Å². The van der Waals surface area contributed by atoms with Crippen LogP contribution in [0.1, 0.15) is 6.92 Å². The van der Waals surface area contributed by atoms with E-state index < -0.39 is 5.25 Å². The van der Waals surface area contributed by atoms with Gasteiger partial charge in [0.1, 0.15) is 5.82 Å². The first-order valence-electron chi connectivity index (χ1n) is 8.19. The molecule has 0 fully saturated rings. The number of pyridine rings is 1. The molecule has 3 aromatic rings. The predicted octanol–water partition coefficient (Wildman–Crippen LogP) is 3.75. The highest BCUT2D eigenvalue weighted by molar-refractivity contribution is 8.00. The number of hydrogen-bond donors (Lipinski definition) is 1. The summed E-state index contributed by atoms with van der Waals surface area (Å²) in [5.41, 5.74) is 0.437. The van der Waals surface area contributed by atoms with Gasteiger partial charge in [0, 0.05) is 12.7 Å². The van der Waals surface area contributed by atoms with E-state index in [0.29, 0.717) is 33.4 Å². The van der Waals surface area contributed by atoms with Crippen LogP contribution >= 0.6 is 23.4 Å². The quantitative estimate of drug-likeness (QED) is 0.387. The van der Waals surface area contributed by atoms with E-state index in [0.717, 1.165) is 0 Å². The number of benzene rings is 1. The maximum absolute atomic E-state index is 12.8. The average molecular weight is 401 g/mol. The number of nitrogens with one attached hydrogen (secondary N) is 1. The molecule has 2 heterocycles. The Labute approximate surface area is 165 Å². The SMILES string of the molecule is C=CCn1c(S[C@H](C)C(=O)Nc2ccc(Cl)cn2)nc2ccccc2c1=O. The van der Waals surface area contributed by atoms with Gasteiger partial charge in [-0.05, 0) is 31.2 Å². The molecule has 1 N–H and O–H groups in total. The molecular weight excluding hydrogens is 384 g/mol. The molecule has 0 aliphatic carbocycles. The molecule has 0 saturated carbocycles. The smallest absolute Gasteiger partial charge is 0.262 e. The lowest BCUT2D eigenvalue weighted by Crippen LogP contribution is -2.27. The largest absolute Gasteiger partial charge is 0.310 e. The summed E-state index contributed by atoms with van der Waals surface area (Å²) >= 11 is 7.01. The molecule has 0 aliphatic rings. The topological polar surface area (TPSA) is 76.9 Å². The Bertz CT molecular complexity index is 1050. The Kier molecular flexibility index (Phi) is 5.93. The van der Waals surface area contributed by atoms with Crippen molar-refractivity contribution in [3.05, 3.63) is 70.6 Å². The van der Waals surface area contributed by atoms with E-state index in [4.69, 9.17) is 11.6 Å². The normalized spacial score (nSPS) is 11.9. The van der Waals surface area contributed by atoms with Gasteiger partial charge < -0.3 is 5.32 Å². The summed E-state index contributed by atoms with van der Waals surface area (Å²) in [7, 11) is 0. The monoisotopic (exact) mass is 400 g/mol. The van der Waals surface area contributed by atoms with Crippen molar-refractivity contribution in [2.75, 3.05) is 5.32 Å². The lowest BCUT2D eigenvalue weighted by molar-refractivity contribution is -0.115. The Hall–Kier alpha value is -2.64. The molecule has 8 heteroatoms. The predicted molar refractivity (Wildman–Crippen MR) is 109 cm³/mol. The number of thioether (sulfide) groups is 1. The van der Waals surface area contributed by atoms with Gasteiger partial charge in [-0.1, -0.05) is 41.6 Å². The number of anilines is 1. The molecule has 1 amide bonds. The molecule has 1 aromatic carbocycles. The van der Waals surface area contributed by atoms with Crippen LogP contribution in [0.15, 0.2) is 65.2 Å². The van der Waals surface area contributed by atoms with E-state index in [1.54, 1.807) is 43.3 Å². The fraction of sp³-hybridized carbons (Fsp3) is 0.158. The van der Waals surface area contributed by atoms with Crippen LogP contribution in [0.4, 0.5) is 5.82 Å². The number of rotatable bonds is 6. The molecule has 3 rings (SSSR count). The van der Waals surface area contributed by atoms with Crippen molar-refractivity contribution >= 4 is 46.0 Å². The van der Waals surface area contributed by atoms with Crippen LogP contribution in [0.2, 0.25) is 5.02 Å². The van der Waals surface area contributed by atoms with Crippen LogP contribution in [0, 0.1) is 0 Å². The fourth-order valence-electron chi connectivity index (χ4n) is 2.42. The highest BCUT2D eigenvalue weighted by Crippen LogP contribution is 2.23. The number of amides is 1. The highest BCUT2D eigenvalue weighted by atomic mass is 35.5. The first kappa shape index (κ1) is 19.1. The molecular formula is C19H17ClN4O2S. The molecule has 27 heavy (non-hydrogen) atoms. The first-order chi connectivity index (χ1) is 13.0. The third kappa shape index (κ3) is 4.37. The molecule has 0 saturated heterocycles. The zero-order valence-corrected chi connectivity index (χ0v) is 16.1. The van der Waals surface area contributed by atoms with Gasteiger partial charge in [-0.25, -0.2) is 9.97 Å². The maximum Gasteiger partial charge on any atom is 0.262 e. The van der Waals surface area contributed by atoms with Gasteiger partial charge >= 0.3 is 0 Å². The second kappa shape index (κ2) is 8.37. The zero-order chi connectivity index (χ0) is 19.4. The average Bonchev–Trinajstić information content (AvgIpc) is 2.66. The number of carbonyl (C=O) groups is 1. The molecule has 0 radical (unpaired) electrons. The second-order valence-electron chi connectivity index (χ2n) is 5.73. The van der Waals surface area contributed by atoms with Gasteiger partial charge in [-0.2, -0.15) is 0 Å². The van der Waals surface area contributed by atoms with Gasteiger partial charge in [0.15, 0.2) is 5.16 Å². The van der Waals surface area contributed by atoms with Crippen LogP contribution < -0.4 is 10.9 Å². The maximum atomic E-state index is 12.8. The van der Waals surface area contributed by atoms with Crippen molar-refractivity contribution < 1.29 is 4.79 Å². The van der Waals surface area contributed by atoms with Crippen LogP contribution in [-0.4, -0.2) is 25.7 Å². The minimum absolute atomic E-state index is 0.157. The molecule has 2 aromatic heterocycles. The van der Waals surface area contributed by atoms with Gasteiger partial charge in [-0.15, -0.1) is 6.58 Å². The standard InChI is InChI=1S/C19H17ClN4O2S/c1-3-10-24-18(26)14-6-4-5-7-15(14)22-19(24)27-12(2)17(25)23-16-9-8-13(20)11-21-16/h3-9,11-12H,1,10H2,2H3,(H,21,23,25)/t12-/m1/s1. The van der Waals surface area contributed by atoms with Gasteiger partial charge in [0.25, 0.3) is 5.56 Å². The number of nitrogens with zero attached hydrogens (tertiary/aromatic N) is 3. The van der Waals surface area contributed by atoms with Gasteiger partial charge in [0.2, 0.25) is 5.91 Å². The van der Waals surface area contributed by atoms with E-state index in [1.165, 1.54) is 22.5 Å². The Morgan fingerprint density at radius 2 is 2.15 bits per heavy atom. The second-order valence-corrected chi connectivity index (χ2v) is 7.47. The first-order valence-corrected chi connectivity index (χ1v) is 9.45. The summed E-state index contributed by atoms with van der Waals surface area (Å²) in [5, 5.41) is 3.72. The van der Waals surface area contributed by atoms with Gasteiger partial charge in [0.05, 0.1) is 21.2 Å². The third-order valence-corrected chi connectivity index (χ3v) is 5.08. The lowest BCUT2D eigenvalue weighted by Gasteiger charge is -2.15. The number of allylic oxidation sites excluding steroid dienone is 1. The van der Waals surface area contributed by atoms with Crippen LogP contribution in [0.25, 0.3) is 10.9 Å². The van der Waals surface area contributed by atoms with Crippen LogP contribution in [-0.2, 0) is 11.3 Å². The van der Waals surface area contributed by atoms with E-state index >= 15 is 0 Å². The van der Waals surface area contributed by atoms with Crippen molar-refractivity contribution in [3.8, 4) is 0 Å². The lowest BCUT2D eigenvalue weighted by atomic mass is 10.2. The number of fused-ring (bicyclic) bond motifs is 1. The van der Waals surface area contributed by atoms with Crippen LogP contribution in [0.5, 0.6) is 0 Å². The molecule has 0 unspecified atom stereocenters. The summed E-state index contributed by atoms with van der Waals surface area (Å²) in [5.74, 6) is 0.161. The summed E-state index contributed by atoms with van der Waals surface area (Å²) < 4.78 is 1.52. The van der Waals surface area contributed by atoms with E-state index in [-0.39, 0.29) is 11.5 Å². The number of para-hydroxylation sites is 1. The summed E-state index contributed by atoms with van der Waals surface area (Å²) in [4.78, 5) is 33.8. The van der Waals surface area contributed by atoms with E-state index in [9.17, 15) is 9.59 Å². The molecule has 1 atom stereocenters. The number of carbonyl (C=O) groups excluding carboxylic acids is 1.